The molecule has 0 fully saturated rings. The summed E-state index contributed by atoms with van der Waals surface area (Å²) in [6, 6.07) is 7.81. The molecule has 0 aliphatic carbocycles. The van der Waals surface area contributed by atoms with Crippen LogP contribution in [-0.4, -0.2) is 61.6 Å². The molecule has 1 amide bonds. The summed E-state index contributed by atoms with van der Waals surface area (Å²) in [6.07, 6.45) is 6.54. The Morgan fingerprint density at radius 2 is 2.00 bits per heavy atom. The van der Waals surface area contributed by atoms with E-state index in [0.29, 0.717) is 29.9 Å². The first-order chi connectivity index (χ1) is 16.4. The molecule has 3 aromatic rings. The molecular weight excluding hydrogens is 446 g/mol. The van der Waals surface area contributed by atoms with Crippen molar-refractivity contribution in [3.05, 3.63) is 54.1 Å². The van der Waals surface area contributed by atoms with Gasteiger partial charge in [0.15, 0.2) is 0 Å². The Balaban J connectivity index is 1.60. The zero-order valence-electron chi connectivity index (χ0n) is 20.6. The summed E-state index contributed by atoms with van der Waals surface area (Å²) in [5.41, 5.74) is 2.76. The van der Waals surface area contributed by atoms with Crippen LogP contribution < -0.4 is 4.74 Å². The van der Waals surface area contributed by atoms with Gasteiger partial charge in [-0.2, -0.15) is 10.4 Å². The van der Waals surface area contributed by atoms with Crippen LogP contribution in [0.2, 0.25) is 0 Å². The molecule has 3 aromatic heterocycles. The number of rotatable bonds is 5. The van der Waals surface area contributed by atoms with Crippen molar-refractivity contribution < 1.29 is 19.4 Å². The highest BCUT2D eigenvalue weighted by Gasteiger charge is 2.26. The quantitative estimate of drug-likeness (QED) is 0.592. The van der Waals surface area contributed by atoms with Gasteiger partial charge >= 0.3 is 6.09 Å². The highest BCUT2D eigenvalue weighted by atomic mass is 16.6. The standard InChI is InChI=1S/C26H29N5O4/c1-25(2,3)35-24(32)30-9-8-18(14-30)22-7-6-17(12-28-22)21-10-20(34-16-26(4,5)33)15-31-23(21)19(11-27)13-29-31/h6-8,10,12-13,15,33H,9,14,16H2,1-5H3. The maximum Gasteiger partial charge on any atom is 0.410 e. The van der Waals surface area contributed by atoms with Crippen molar-refractivity contribution >= 4 is 17.2 Å². The zero-order valence-corrected chi connectivity index (χ0v) is 20.6. The van der Waals surface area contributed by atoms with Crippen molar-refractivity contribution in [2.75, 3.05) is 19.7 Å². The molecule has 0 spiro atoms. The van der Waals surface area contributed by atoms with Gasteiger partial charge in [-0.05, 0) is 52.3 Å². The number of nitriles is 1. The maximum absolute atomic E-state index is 12.4. The molecule has 4 heterocycles. The molecule has 1 aliphatic heterocycles. The number of carbonyl (C=O) groups is 1. The minimum atomic E-state index is -0.998. The summed E-state index contributed by atoms with van der Waals surface area (Å²) in [5, 5.41) is 23.9. The predicted octanol–water partition coefficient (Wildman–Crippen LogP) is 4.05. The second kappa shape index (κ2) is 9.04. The van der Waals surface area contributed by atoms with Gasteiger partial charge in [-0.1, -0.05) is 12.1 Å². The van der Waals surface area contributed by atoms with Gasteiger partial charge in [-0.15, -0.1) is 0 Å². The summed E-state index contributed by atoms with van der Waals surface area (Å²) >= 11 is 0. The minimum Gasteiger partial charge on any atom is -0.489 e. The average molecular weight is 476 g/mol. The minimum absolute atomic E-state index is 0.101. The van der Waals surface area contributed by atoms with Crippen LogP contribution in [0, 0.1) is 11.3 Å². The number of aliphatic hydroxyl groups is 1. The Morgan fingerprint density at radius 1 is 1.23 bits per heavy atom. The molecular formula is C26H29N5O4. The third-order valence-electron chi connectivity index (χ3n) is 5.27. The van der Waals surface area contributed by atoms with E-state index in [9.17, 15) is 15.2 Å². The Labute approximate surface area is 204 Å². The first kappa shape index (κ1) is 24.2. The van der Waals surface area contributed by atoms with Crippen LogP contribution in [-0.2, 0) is 4.74 Å². The lowest BCUT2D eigenvalue weighted by atomic mass is 10.0. The fourth-order valence-corrected chi connectivity index (χ4v) is 3.69. The number of nitrogens with zero attached hydrogens (tertiary/aromatic N) is 5. The van der Waals surface area contributed by atoms with Crippen LogP contribution in [0.1, 0.15) is 45.9 Å². The van der Waals surface area contributed by atoms with Gasteiger partial charge in [0, 0.05) is 23.9 Å². The Kier molecular flexibility index (Phi) is 6.26. The molecule has 0 radical (unpaired) electrons. The van der Waals surface area contributed by atoms with E-state index in [1.54, 1.807) is 35.7 Å². The van der Waals surface area contributed by atoms with Crippen molar-refractivity contribution in [1.29, 1.82) is 5.26 Å². The molecule has 1 N–H and O–H groups in total. The molecule has 0 unspecified atom stereocenters. The third kappa shape index (κ3) is 5.61. The van der Waals surface area contributed by atoms with Crippen LogP contribution in [0.25, 0.3) is 22.2 Å². The molecule has 0 saturated heterocycles. The Hall–Kier alpha value is -3.90. The molecule has 0 saturated carbocycles. The molecule has 9 heteroatoms. The van der Waals surface area contributed by atoms with Crippen LogP contribution in [0.4, 0.5) is 4.79 Å². The molecule has 9 nitrogen and oxygen atoms in total. The highest BCUT2D eigenvalue weighted by molar-refractivity contribution is 5.85. The Bertz CT molecular complexity index is 1320. The summed E-state index contributed by atoms with van der Waals surface area (Å²) in [6.45, 7) is 9.85. The second-order valence-electron chi connectivity index (χ2n) is 10.2. The number of pyridine rings is 2. The molecule has 0 aromatic carbocycles. The number of hydrogen-bond acceptors (Lipinski definition) is 7. The lowest BCUT2D eigenvalue weighted by molar-refractivity contribution is 0.0282. The normalized spacial score (nSPS) is 14.1. The van der Waals surface area contributed by atoms with Gasteiger partial charge in [-0.3, -0.25) is 4.98 Å². The third-order valence-corrected chi connectivity index (χ3v) is 5.27. The van der Waals surface area contributed by atoms with Crippen molar-refractivity contribution in [3.8, 4) is 22.9 Å². The van der Waals surface area contributed by atoms with Crippen molar-refractivity contribution in [2.24, 2.45) is 0 Å². The monoisotopic (exact) mass is 475 g/mol. The first-order valence-corrected chi connectivity index (χ1v) is 11.3. The van der Waals surface area contributed by atoms with E-state index in [1.165, 1.54) is 6.20 Å². The molecule has 4 rings (SSSR count). The number of aromatic nitrogens is 3. The number of hydrogen-bond donors (Lipinski definition) is 1. The molecule has 0 bridgehead atoms. The van der Waals surface area contributed by atoms with Gasteiger partial charge in [0.1, 0.15) is 24.0 Å². The van der Waals surface area contributed by atoms with E-state index in [-0.39, 0.29) is 12.7 Å². The fraction of sp³-hybridized carbons (Fsp3) is 0.385. The smallest absolute Gasteiger partial charge is 0.410 e. The van der Waals surface area contributed by atoms with Crippen molar-refractivity contribution in [1.82, 2.24) is 19.5 Å². The zero-order chi connectivity index (χ0) is 25.4. The predicted molar refractivity (Wildman–Crippen MR) is 131 cm³/mol. The molecule has 182 valence electrons. The van der Waals surface area contributed by atoms with Crippen LogP contribution in [0.3, 0.4) is 0 Å². The first-order valence-electron chi connectivity index (χ1n) is 11.3. The van der Waals surface area contributed by atoms with E-state index in [4.69, 9.17) is 9.47 Å². The number of amides is 1. The van der Waals surface area contributed by atoms with Crippen LogP contribution >= 0.6 is 0 Å². The lowest BCUT2D eigenvalue weighted by Gasteiger charge is -2.24. The van der Waals surface area contributed by atoms with Crippen LogP contribution in [0.5, 0.6) is 5.75 Å². The number of carbonyl (C=O) groups excluding carboxylic acids is 1. The van der Waals surface area contributed by atoms with E-state index in [2.05, 4.69) is 16.2 Å². The van der Waals surface area contributed by atoms with E-state index in [1.807, 2.05) is 45.0 Å². The van der Waals surface area contributed by atoms with E-state index >= 15 is 0 Å². The van der Waals surface area contributed by atoms with Gasteiger partial charge in [0.25, 0.3) is 0 Å². The summed E-state index contributed by atoms with van der Waals surface area (Å²) in [4.78, 5) is 18.6. The van der Waals surface area contributed by atoms with Crippen LogP contribution in [0.15, 0.2) is 42.9 Å². The highest BCUT2D eigenvalue weighted by Crippen LogP contribution is 2.32. The maximum atomic E-state index is 12.4. The molecule has 0 atom stereocenters. The number of fused-ring (bicyclic) bond motifs is 1. The summed E-state index contributed by atoms with van der Waals surface area (Å²) in [5.74, 6) is 0.512. The van der Waals surface area contributed by atoms with Crippen molar-refractivity contribution in [2.45, 2.75) is 45.8 Å². The molecule has 1 aliphatic rings. The average Bonchev–Trinajstić information content (AvgIpc) is 3.43. The largest absolute Gasteiger partial charge is 0.489 e. The second-order valence-corrected chi connectivity index (χ2v) is 10.2. The summed E-state index contributed by atoms with van der Waals surface area (Å²) in [7, 11) is 0. The Morgan fingerprint density at radius 3 is 2.63 bits per heavy atom. The molecule has 35 heavy (non-hydrogen) atoms. The fourth-order valence-electron chi connectivity index (χ4n) is 3.69. The van der Waals surface area contributed by atoms with Gasteiger partial charge in [0.05, 0.1) is 41.3 Å². The van der Waals surface area contributed by atoms with E-state index < -0.39 is 11.2 Å². The van der Waals surface area contributed by atoms with Gasteiger partial charge in [-0.25, -0.2) is 9.31 Å². The van der Waals surface area contributed by atoms with Gasteiger partial charge in [0.2, 0.25) is 0 Å². The topological polar surface area (TPSA) is 113 Å². The lowest BCUT2D eigenvalue weighted by Crippen LogP contribution is -2.35. The van der Waals surface area contributed by atoms with E-state index in [0.717, 1.165) is 22.4 Å². The number of ether oxygens (including phenoxy) is 2. The SMILES string of the molecule is CC(C)(O)COc1cc(-c2ccc(C3=CCN(C(=O)OC(C)(C)C)C3)nc2)c2c(C#N)cnn2c1. The summed E-state index contributed by atoms with van der Waals surface area (Å²) < 4.78 is 12.8. The van der Waals surface area contributed by atoms with Crippen molar-refractivity contribution in [3.63, 3.8) is 0 Å². The van der Waals surface area contributed by atoms with Gasteiger partial charge < -0.3 is 19.5 Å².